The van der Waals surface area contributed by atoms with E-state index in [2.05, 4.69) is 34.6 Å². The molecule has 0 aromatic heterocycles. The number of halogens is 1. The zero-order chi connectivity index (χ0) is 24.4. The third kappa shape index (κ3) is 5.30. The molecule has 3 fully saturated rings. The average Bonchev–Trinajstić information content (AvgIpc) is 3.42. The zero-order valence-electron chi connectivity index (χ0n) is 20.6. The number of rotatable bonds is 7. The Morgan fingerprint density at radius 3 is 2.54 bits per heavy atom. The maximum atomic E-state index is 13.5. The first-order chi connectivity index (χ1) is 17.0. The number of nitrogens with one attached hydrogen (secondary N) is 2. The van der Waals surface area contributed by atoms with Gasteiger partial charge in [0.15, 0.2) is 0 Å². The van der Waals surface area contributed by atoms with Gasteiger partial charge < -0.3 is 15.5 Å². The minimum Gasteiger partial charge on any atom is -0.354 e. The van der Waals surface area contributed by atoms with Crippen LogP contribution in [0.25, 0.3) is 10.8 Å². The Kier molecular flexibility index (Phi) is 7.23. The van der Waals surface area contributed by atoms with E-state index in [0.717, 1.165) is 68.7 Å². The molecular formula is C28H37FN4O2. The second-order valence-electron chi connectivity index (χ2n) is 10.5. The van der Waals surface area contributed by atoms with Gasteiger partial charge in [0.2, 0.25) is 5.91 Å². The van der Waals surface area contributed by atoms with Gasteiger partial charge in [-0.2, -0.15) is 0 Å². The largest absolute Gasteiger partial charge is 0.354 e. The van der Waals surface area contributed by atoms with E-state index in [1.807, 2.05) is 12.1 Å². The zero-order valence-corrected chi connectivity index (χ0v) is 20.6. The lowest BCUT2D eigenvalue weighted by atomic mass is 9.96. The fourth-order valence-corrected chi connectivity index (χ4v) is 6.27. The highest BCUT2D eigenvalue weighted by atomic mass is 19.1. The van der Waals surface area contributed by atoms with Crippen LogP contribution >= 0.6 is 0 Å². The van der Waals surface area contributed by atoms with Crippen molar-refractivity contribution in [1.82, 2.24) is 20.4 Å². The number of hydrogen-bond donors (Lipinski definition) is 2. The number of carbonyl (C=O) groups is 2. The van der Waals surface area contributed by atoms with Crippen LogP contribution in [-0.4, -0.2) is 59.0 Å². The van der Waals surface area contributed by atoms with Crippen molar-refractivity contribution in [1.29, 1.82) is 0 Å². The molecule has 7 heteroatoms. The van der Waals surface area contributed by atoms with Crippen LogP contribution in [0.15, 0.2) is 36.4 Å². The highest BCUT2D eigenvalue weighted by Gasteiger charge is 2.42. The lowest BCUT2D eigenvalue weighted by Crippen LogP contribution is -2.55. The summed E-state index contributed by atoms with van der Waals surface area (Å²) < 4.78 is 13.5. The summed E-state index contributed by atoms with van der Waals surface area (Å²) in [7, 11) is 0. The fourth-order valence-electron chi connectivity index (χ4n) is 6.27. The molecule has 2 aromatic rings. The van der Waals surface area contributed by atoms with Crippen molar-refractivity contribution >= 4 is 22.7 Å². The van der Waals surface area contributed by atoms with Gasteiger partial charge in [0.05, 0.1) is 0 Å². The fraction of sp³-hybridized carbons (Fsp3) is 0.571. The summed E-state index contributed by atoms with van der Waals surface area (Å²) in [5.41, 5.74) is 1.25. The van der Waals surface area contributed by atoms with E-state index in [4.69, 9.17) is 0 Å². The van der Waals surface area contributed by atoms with Crippen LogP contribution in [0.5, 0.6) is 0 Å². The number of likely N-dealkylation sites (tertiary alicyclic amines) is 1. The highest BCUT2D eigenvalue weighted by Crippen LogP contribution is 2.37. The van der Waals surface area contributed by atoms with Crippen LogP contribution < -0.4 is 10.6 Å². The molecule has 3 atom stereocenters. The van der Waals surface area contributed by atoms with E-state index in [-0.39, 0.29) is 29.8 Å². The Morgan fingerprint density at radius 2 is 1.77 bits per heavy atom. The van der Waals surface area contributed by atoms with Gasteiger partial charge in [-0.1, -0.05) is 31.5 Å². The van der Waals surface area contributed by atoms with Crippen LogP contribution in [-0.2, 0) is 11.3 Å². The minimum atomic E-state index is -0.343. The molecule has 3 aliphatic heterocycles. The Labute approximate surface area is 207 Å². The number of amides is 3. The maximum absolute atomic E-state index is 13.5. The number of fused-ring (bicyclic) bond motifs is 3. The second-order valence-corrected chi connectivity index (χ2v) is 10.5. The van der Waals surface area contributed by atoms with E-state index in [1.165, 1.54) is 11.6 Å². The van der Waals surface area contributed by atoms with Crippen LogP contribution in [0.2, 0.25) is 0 Å². The second kappa shape index (κ2) is 10.5. The Balaban J connectivity index is 1.17. The normalized spacial score (nSPS) is 26.3. The summed E-state index contributed by atoms with van der Waals surface area (Å²) in [6.07, 6.45) is 7.82. The average molecular weight is 481 g/mol. The molecule has 6 nitrogen and oxygen atoms in total. The number of carbonyl (C=O) groups excluding carboxylic acids is 2. The van der Waals surface area contributed by atoms with Crippen molar-refractivity contribution in [2.45, 2.75) is 89.0 Å². The van der Waals surface area contributed by atoms with E-state index in [1.54, 1.807) is 11.0 Å². The topological polar surface area (TPSA) is 64.7 Å². The lowest BCUT2D eigenvalue weighted by Gasteiger charge is -2.40. The van der Waals surface area contributed by atoms with E-state index < -0.39 is 0 Å². The lowest BCUT2D eigenvalue weighted by molar-refractivity contribution is -0.124. The Hall–Kier alpha value is -2.67. The van der Waals surface area contributed by atoms with Crippen molar-refractivity contribution in [2.24, 2.45) is 0 Å². The monoisotopic (exact) mass is 480 g/mol. The van der Waals surface area contributed by atoms with Crippen LogP contribution in [0.3, 0.4) is 0 Å². The first-order valence-corrected chi connectivity index (χ1v) is 13.3. The number of piperidine rings is 1. The molecule has 0 radical (unpaired) electrons. The third-order valence-corrected chi connectivity index (χ3v) is 8.09. The molecule has 0 spiro atoms. The van der Waals surface area contributed by atoms with Gasteiger partial charge in [-0.05, 0) is 79.5 Å². The molecule has 2 N–H and O–H groups in total. The molecule has 2 unspecified atom stereocenters. The summed E-state index contributed by atoms with van der Waals surface area (Å²) in [6.45, 7) is 4.31. The molecule has 3 heterocycles. The number of hydrogen-bond acceptors (Lipinski definition) is 3. The standard InChI is InChI=1S/C28H37FN4O2/c1-2-3-12-30-27(34)26-5-4-13-32(26)28(35)31-23-16-24-10-11-25(17-23)33(24)18-19-6-7-21-15-22(29)9-8-20(21)14-19/h6-9,14-15,23-26H,2-5,10-13,16-18H2,1H3,(H,30,34)(H,31,35)/t23?,24?,25?,26-/m0/s1. The molecule has 188 valence electrons. The quantitative estimate of drug-likeness (QED) is 0.571. The van der Waals surface area contributed by atoms with Gasteiger partial charge in [-0.15, -0.1) is 0 Å². The summed E-state index contributed by atoms with van der Waals surface area (Å²) in [6, 6.07) is 11.9. The van der Waals surface area contributed by atoms with Gasteiger partial charge in [0.1, 0.15) is 11.9 Å². The minimum absolute atomic E-state index is 0.0147. The van der Waals surface area contributed by atoms with Crippen molar-refractivity contribution in [3.8, 4) is 0 Å². The molecule has 5 rings (SSSR count). The highest BCUT2D eigenvalue weighted by molar-refractivity contribution is 5.87. The molecule has 35 heavy (non-hydrogen) atoms. The molecule has 2 aromatic carbocycles. The number of nitrogens with zero attached hydrogens (tertiary/aromatic N) is 2. The van der Waals surface area contributed by atoms with Gasteiger partial charge in [-0.3, -0.25) is 9.69 Å². The Bertz CT molecular complexity index is 1060. The summed E-state index contributed by atoms with van der Waals surface area (Å²) in [5.74, 6) is -0.219. The molecule has 3 saturated heterocycles. The first kappa shape index (κ1) is 24.0. The van der Waals surface area contributed by atoms with Gasteiger partial charge in [0, 0.05) is 37.8 Å². The first-order valence-electron chi connectivity index (χ1n) is 13.3. The number of unbranched alkanes of at least 4 members (excludes halogenated alkanes) is 1. The van der Waals surface area contributed by atoms with Crippen molar-refractivity contribution in [3.05, 3.63) is 47.8 Å². The molecule has 3 amide bonds. The maximum Gasteiger partial charge on any atom is 0.318 e. The SMILES string of the molecule is CCCCNC(=O)[C@@H]1CCCN1C(=O)NC1CC2CCC(C1)N2Cc1ccc2cc(F)ccc2c1. The molecular weight excluding hydrogens is 443 g/mol. The third-order valence-electron chi connectivity index (χ3n) is 8.09. The van der Waals surface area contributed by atoms with E-state index >= 15 is 0 Å². The predicted octanol–water partition coefficient (Wildman–Crippen LogP) is 4.56. The van der Waals surface area contributed by atoms with Crippen LogP contribution in [0, 0.1) is 5.82 Å². The smallest absolute Gasteiger partial charge is 0.318 e. The van der Waals surface area contributed by atoms with Crippen molar-refractivity contribution in [2.75, 3.05) is 13.1 Å². The molecule has 3 aliphatic rings. The van der Waals surface area contributed by atoms with E-state index in [0.29, 0.717) is 25.2 Å². The molecule has 0 saturated carbocycles. The van der Waals surface area contributed by atoms with Crippen molar-refractivity contribution < 1.29 is 14.0 Å². The number of benzene rings is 2. The Morgan fingerprint density at radius 1 is 1.03 bits per heavy atom. The van der Waals surface area contributed by atoms with Crippen LogP contribution in [0.4, 0.5) is 9.18 Å². The molecule has 0 aliphatic carbocycles. The van der Waals surface area contributed by atoms with Gasteiger partial charge in [0.25, 0.3) is 0 Å². The summed E-state index contributed by atoms with van der Waals surface area (Å²) in [5, 5.41) is 8.26. The van der Waals surface area contributed by atoms with Crippen LogP contribution in [0.1, 0.15) is 63.9 Å². The van der Waals surface area contributed by atoms with Gasteiger partial charge >= 0.3 is 6.03 Å². The molecule has 2 bridgehead atoms. The summed E-state index contributed by atoms with van der Waals surface area (Å²) >= 11 is 0. The summed E-state index contributed by atoms with van der Waals surface area (Å²) in [4.78, 5) is 30.0. The predicted molar refractivity (Wildman–Crippen MR) is 135 cm³/mol. The van der Waals surface area contributed by atoms with E-state index in [9.17, 15) is 14.0 Å². The number of urea groups is 1. The van der Waals surface area contributed by atoms with Gasteiger partial charge in [-0.25, -0.2) is 9.18 Å². The van der Waals surface area contributed by atoms with Crippen molar-refractivity contribution in [3.63, 3.8) is 0 Å².